The van der Waals surface area contributed by atoms with Gasteiger partial charge in [0.15, 0.2) is 12.4 Å². The van der Waals surface area contributed by atoms with Gasteiger partial charge in [0.2, 0.25) is 0 Å². The van der Waals surface area contributed by atoms with Gasteiger partial charge < -0.3 is 9.47 Å². The Kier molecular flexibility index (Phi) is 7.26. The van der Waals surface area contributed by atoms with Crippen LogP contribution < -0.4 is 14.9 Å². The normalized spacial score (nSPS) is 10.5. The van der Waals surface area contributed by atoms with Gasteiger partial charge in [-0.15, -0.1) is 0 Å². The van der Waals surface area contributed by atoms with E-state index in [9.17, 15) is 19.7 Å². The highest BCUT2D eigenvalue weighted by atomic mass is 16.6. The van der Waals surface area contributed by atoms with E-state index < -0.39 is 23.4 Å². The first kappa shape index (κ1) is 22.2. The van der Waals surface area contributed by atoms with Crippen LogP contribution >= 0.6 is 0 Å². The SMILES string of the molecule is Cc1ccc(OCC(=O)N/N=C/c2ccc(OC(=O)c3ccccc3)cc2)c([N+](=O)[O-])c1. The lowest BCUT2D eigenvalue weighted by Gasteiger charge is -2.06. The minimum Gasteiger partial charge on any atom is -0.477 e. The third-order valence-corrected chi connectivity index (χ3v) is 4.17. The maximum atomic E-state index is 12.0. The molecule has 1 N–H and O–H groups in total. The van der Waals surface area contributed by atoms with E-state index in [1.807, 2.05) is 6.07 Å². The van der Waals surface area contributed by atoms with Crippen LogP contribution in [0.2, 0.25) is 0 Å². The van der Waals surface area contributed by atoms with Crippen molar-refractivity contribution in [3.63, 3.8) is 0 Å². The van der Waals surface area contributed by atoms with Crippen LogP contribution in [0.25, 0.3) is 0 Å². The highest BCUT2D eigenvalue weighted by Gasteiger charge is 2.16. The number of amides is 1. The molecule has 3 aromatic carbocycles. The highest BCUT2D eigenvalue weighted by molar-refractivity contribution is 5.91. The summed E-state index contributed by atoms with van der Waals surface area (Å²) in [5.41, 5.74) is 3.87. The average Bonchev–Trinajstić information content (AvgIpc) is 2.80. The van der Waals surface area contributed by atoms with Gasteiger partial charge in [0.1, 0.15) is 5.75 Å². The van der Waals surface area contributed by atoms with Gasteiger partial charge in [-0.25, -0.2) is 10.2 Å². The second kappa shape index (κ2) is 10.5. The predicted molar refractivity (Wildman–Crippen MR) is 117 cm³/mol. The number of carbonyl (C=O) groups excluding carboxylic acids is 2. The fourth-order valence-electron chi connectivity index (χ4n) is 2.61. The lowest BCUT2D eigenvalue weighted by atomic mass is 10.2. The summed E-state index contributed by atoms with van der Waals surface area (Å²) in [7, 11) is 0. The molecule has 0 aliphatic heterocycles. The van der Waals surface area contributed by atoms with Crippen LogP contribution in [-0.4, -0.2) is 29.6 Å². The van der Waals surface area contributed by atoms with Crippen LogP contribution in [0.1, 0.15) is 21.5 Å². The van der Waals surface area contributed by atoms with Gasteiger partial charge in [-0.05, 0) is 60.5 Å². The molecule has 0 bridgehead atoms. The Morgan fingerprint density at radius 2 is 1.78 bits per heavy atom. The number of hydrazone groups is 1. The number of nitro benzene ring substituents is 1. The van der Waals surface area contributed by atoms with Crippen molar-refractivity contribution in [2.24, 2.45) is 5.10 Å². The van der Waals surface area contributed by atoms with E-state index in [2.05, 4.69) is 10.5 Å². The molecule has 0 unspecified atom stereocenters. The van der Waals surface area contributed by atoms with Crippen LogP contribution in [-0.2, 0) is 4.79 Å². The number of aryl methyl sites for hydroxylation is 1. The Hall–Kier alpha value is -4.53. The molecule has 162 valence electrons. The van der Waals surface area contributed by atoms with Crippen LogP contribution in [0.3, 0.4) is 0 Å². The Bertz CT molecular complexity index is 1140. The van der Waals surface area contributed by atoms with Crippen molar-refractivity contribution < 1.29 is 24.0 Å². The number of rotatable bonds is 8. The zero-order valence-corrected chi connectivity index (χ0v) is 17.1. The van der Waals surface area contributed by atoms with E-state index >= 15 is 0 Å². The smallest absolute Gasteiger partial charge is 0.343 e. The summed E-state index contributed by atoms with van der Waals surface area (Å²) >= 11 is 0. The van der Waals surface area contributed by atoms with Crippen LogP contribution in [0.4, 0.5) is 5.69 Å². The summed E-state index contributed by atoms with van der Waals surface area (Å²) in [5.74, 6) is -0.675. The molecular weight excluding hydrogens is 414 g/mol. The van der Waals surface area contributed by atoms with Crippen molar-refractivity contribution in [3.05, 3.63) is 99.6 Å². The minimum atomic E-state index is -0.579. The summed E-state index contributed by atoms with van der Waals surface area (Å²) in [6.45, 7) is 1.29. The van der Waals surface area contributed by atoms with Gasteiger partial charge in [-0.3, -0.25) is 14.9 Å². The molecule has 0 aliphatic carbocycles. The Morgan fingerprint density at radius 3 is 2.47 bits per heavy atom. The third kappa shape index (κ3) is 6.23. The van der Waals surface area contributed by atoms with Gasteiger partial charge >= 0.3 is 11.7 Å². The summed E-state index contributed by atoms with van der Waals surface area (Å²) in [5, 5.41) is 14.9. The lowest BCUT2D eigenvalue weighted by Crippen LogP contribution is -2.24. The summed E-state index contributed by atoms with van der Waals surface area (Å²) < 4.78 is 10.5. The topological polar surface area (TPSA) is 120 Å². The number of ether oxygens (including phenoxy) is 2. The Labute approximate surface area is 183 Å². The number of benzene rings is 3. The molecule has 0 aliphatic rings. The average molecular weight is 433 g/mol. The van der Waals surface area contributed by atoms with Crippen molar-refractivity contribution >= 4 is 23.8 Å². The number of nitro groups is 1. The first-order chi connectivity index (χ1) is 15.4. The maximum absolute atomic E-state index is 12.0. The quantitative estimate of drug-likeness (QED) is 0.190. The number of nitrogens with one attached hydrogen (secondary N) is 1. The number of carbonyl (C=O) groups is 2. The fourth-order valence-corrected chi connectivity index (χ4v) is 2.61. The molecule has 0 atom stereocenters. The van der Waals surface area contributed by atoms with Crippen molar-refractivity contribution in [2.75, 3.05) is 6.61 Å². The Morgan fingerprint density at radius 1 is 1.06 bits per heavy atom. The van der Waals surface area contributed by atoms with E-state index in [-0.39, 0.29) is 11.4 Å². The molecule has 3 rings (SSSR count). The van der Waals surface area contributed by atoms with Crippen LogP contribution in [0, 0.1) is 17.0 Å². The van der Waals surface area contributed by atoms with Crippen LogP contribution in [0.15, 0.2) is 77.9 Å². The fraction of sp³-hybridized carbons (Fsp3) is 0.0870. The third-order valence-electron chi connectivity index (χ3n) is 4.17. The van der Waals surface area contributed by atoms with E-state index in [0.717, 1.165) is 0 Å². The van der Waals surface area contributed by atoms with Gasteiger partial charge in [0, 0.05) is 6.07 Å². The predicted octanol–water partition coefficient (Wildman–Crippen LogP) is 3.65. The number of nitrogens with zero attached hydrogens (tertiary/aromatic N) is 2. The zero-order chi connectivity index (χ0) is 22.9. The molecule has 0 saturated carbocycles. The molecule has 0 saturated heterocycles. The zero-order valence-electron chi connectivity index (χ0n) is 17.1. The molecule has 0 spiro atoms. The number of hydrogen-bond donors (Lipinski definition) is 1. The van der Waals surface area contributed by atoms with Crippen molar-refractivity contribution in [2.45, 2.75) is 6.92 Å². The molecule has 9 nitrogen and oxygen atoms in total. The van der Waals surface area contributed by atoms with Crippen LogP contribution in [0.5, 0.6) is 11.5 Å². The van der Waals surface area contributed by atoms with Crippen molar-refractivity contribution in [1.82, 2.24) is 5.43 Å². The van der Waals surface area contributed by atoms with Crippen molar-refractivity contribution in [1.29, 1.82) is 0 Å². The molecule has 0 aromatic heterocycles. The largest absolute Gasteiger partial charge is 0.477 e. The van der Waals surface area contributed by atoms with Gasteiger partial charge in [0.25, 0.3) is 5.91 Å². The molecular formula is C23H19N3O6. The van der Waals surface area contributed by atoms with Crippen molar-refractivity contribution in [3.8, 4) is 11.5 Å². The molecule has 9 heteroatoms. The monoisotopic (exact) mass is 433 g/mol. The number of esters is 1. The first-order valence-corrected chi connectivity index (χ1v) is 9.49. The standard InChI is InChI=1S/C23H19N3O6/c1-16-7-12-21(20(13-16)26(29)30)31-15-22(27)25-24-14-17-8-10-19(11-9-17)32-23(28)18-5-3-2-4-6-18/h2-14H,15H2,1H3,(H,25,27)/b24-14+. The lowest BCUT2D eigenvalue weighted by molar-refractivity contribution is -0.385. The summed E-state index contributed by atoms with van der Waals surface area (Å²) in [6.07, 6.45) is 1.40. The maximum Gasteiger partial charge on any atom is 0.343 e. The van der Waals surface area contributed by atoms with E-state index in [4.69, 9.17) is 9.47 Å². The molecule has 3 aromatic rings. The van der Waals surface area contributed by atoms with Gasteiger partial charge in [-0.1, -0.05) is 24.3 Å². The number of hydrogen-bond acceptors (Lipinski definition) is 7. The minimum absolute atomic E-state index is 0.000341. The Balaban J connectivity index is 1.49. The van der Waals surface area contributed by atoms with E-state index in [0.29, 0.717) is 22.4 Å². The molecule has 0 heterocycles. The molecule has 1 amide bonds. The second-order valence-electron chi connectivity index (χ2n) is 6.63. The second-order valence-corrected chi connectivity index (χ2v) is 6.63. The first-order valence-electron chi connectivity index (χ1n) is 9.49. The van der Waals surface area contributed by atoms with Gasteiger partial charge in [0.05, 0.1) is 16.7 Å². The summed E-state index contributed by atoms with van der Waals surface area (Å²) in [4.78, 5) is 34.4. The molecule has 0 radical (unpaired) electrons. The molecule has 32 heavy (non-hydrogen) atoms. The van der Waals surface area contributed by atoms with E-state index in [1.54, 1.807) is 61.5 Å². The summed E-state index contributed by atoms with van der Waals surface area (Å²) in [6, 6.07) is 19.6. The molecule has 0 fully saturated rings. The highest BCUT2D eigenvalue weighted by Crippen LogP contribution is 2.27. The van der Waals surface area contributed by atoms with E-state index in [1.165, 1.54) is 18.3 Å². The van der Waals surface area contributed by atoms with Gasteiger partial charge in [-0.2, -0.15) is 5.10 Å².